The highest BCUT2D eigenvalue weighted by molar-refractivity contribution is 5.53. The summed E-state index contributed by atoms with van der Waals surface area (Å²) < 4.78 is 5.38. The lowest BCUT2D eigenvalue weighted by Gasteiger charge is -2.21. The molecule has 1 aliphatic rings. The Kier molecular flexibility index (Phi) is 8.27. The lowest BCUT2D eigenvalue weighted by Crippen LogP contribution is -2.18. The fourth-order valence-corrected chi connectivity index (χ4v) is 1.45. The summed E-state index contributed by atoms with van der Waals surface area (Å²) in [5, 5.41) is 22.4. The van der Waals surface area contributed by atoms with Crippen LogP contribution >= 0.6 is 0 Å². The van der Waals surface area contributed by atoms with Crippen LogP contribution in [-0.2, 0) is 4.74 Å². The van der Waals surface area contributed by atoms with E-state index >= 15 is 0 Å². The molecule has 0 atom stereocenters. The van der Waals surface area contributed by atoms with Crippen LogP contribution in [0, 0.1) is 0 Å². The third kappa shape index (κ3) is 9.28. The van der Waals surface area contributed by atoms with E-state index in [-0.39, 0.29) is 6.61 Å². The van der Waals surface area contributed by atoms with Crippen LogP contribution in [-0.4, -0.2) is 40.8 Å². The number of aliphatic hydroxyl groups is 1. The van der Waals surface area contributed by atoms with E-state index in [2.05, 4.69) is 0 Å². The SMILES string of the molecule is O=C(O)O.OCCOC1CCCCC1. The van der Waals surface area contributed by atoms with E-state index in [9.17, 15) is 0 Å². The highest BCUT2D eigenvalue weighted by Crippen LogP contribution is 2.19. The van der Waals surface area contributed by atoms with Crippen molar-refractivity contribution in [3.63, 3.8) is 0 Å². The van der Waals surface area contributed by atoms with Gasteiger partial charge in [0.1, 0.15) is 0 Å². The van der Waals surface area contributed by atoms with Crippen molar-refractivity contribution in [2.24, 2.45) is 0 Å². The maximum Gasteiger partial charge on any atom is 0.503 e. The van der Waals surface area contributed by atoms with Crippen LogP contribution in [0.2, 0.25) is 0 Å². The fourth-order valence-electron chi connectivity index (χ4n) is 1.45. The molecule has 0 aromatic rings. The molecule has 3 N–H and O–H groups in total. The van der Waals surface area contributed by atoms with Crippen molar-refractivity contribution < 1.29 is 24.9 Å². The second-order valence-corrected chi connectivity index (χ2v) is 3.14. The highest BCUT2D eigenvalue weighted by atomic mass is 16.6. The Morgan fingerprint density at radius 3 is 2.14 bits per heavy atom. The van der Waals surface area contributed by atoms with Gasteiger partial charge in [0.05, 0.1) is 19.3 Å². The first-order valence-corrected chi connectivity index (χ1v) is 4.81. The van der Waals surface area contributed by atoms with E-state index in [1.165, 1.54) is 32.1 Å². The number of rotatable bonds is 3. The summed E-state index contributed by atoms with van der Waals surface area (Å²) >= 11 is 0. The third-order valence-electron chi connectivity index (χ3n) is 2.00. The standard InChI is InChI=1S/C8H16O2.CH2O3/c9-6-7-10-8-4-2-1-3-5-8;2-1(3)4/h8-9H,1-7H2;(H2,2,3,4). The molecule has 1 saturated carbocycles. The zero-order valence-electron chi connectivity index (χ0n) is 8.19. The molecule has 0 spiro atoms. The monoisotopic (exact) mass is 206 g/mol. The zero-order chi connectivity index (χ0) is 10.8. The molecule has 1 fully saturated rings. The molecular weight excluding hydrogens is 188 g/mol. The number of hydrogen-bond acceptors (Lipinski definition) is 3. The summed E-state index contributed by atoms with van der Waals surface area (Å²) in [6.07, 6.45) is 4.96. The molecule has 0 bridgehead atoms. The van der Waals surface area contributed by atoms with Gasteiger partial charge in [-0.25, -0.2) is 4.79 Å². The average Bonchev–Trinajstić information content (AvgIpc) is 2.15. The maximum absolute atomic E-state index is 8.56. The van der Waals surface area contributed by atoms with Crippen LogP contribution in [0.1, 0.15) is 32.1 Å². The predicted molar refractivity (Wildman–Crippen MR) is 50.6 cm³/mol. The van der Waals surface area contributed by atoms with Gasteiger partial charge in [0, 0.05) is 0 Å². The summed E-state index contributed by atoms with van der Waals surface area (Å²) in [5.41, 5.74) is 0. The minimum absolute atomic E-state index is 0.163. The van der Waals surface area contributed by atoms with Crippen LogP contribution in [0.5, 0.6) is 0 Å². The van der Waals surface area contributed by atoms with Gasteiger partial charge < -0.3 is 20.1 Å². The van der Waals surface area contributed by atoms with Crippen molar-refractivity contribution in [1.29, 1.82) is 0 Å². The molecule has 0 aromatic carbocycles. The molecule has 0 saturated heterocycles. The Morgan fingerprint density at radius 1 is 1.21 bits per heavy atom. The molecular formula is C9H18O5. The molecule has 0 aliphatic heterocycles. The van der Waals surface area contributed by atoms with Gasteiger partial charge in [-0.1, -0.05) is 19.3 Å². The van der Waals surface area contributed by atoms with Gasteiger partial charge in [0.25, 0.3) is 0 Å². The van der Waals surface area contributed by atoms with Crippen molar-refractivity contribution in [3.8, 4) is 0 Å². The zero-order valence-corrected chi connectivity index (χ0v) is 8.19. The quantitative estimate of drug-likeness (QED) is 0.652. The molecule has 0 radical (unpaired) electrons. The summed E-state index contributed by atoms with van der Waals surface area (Å²) in [4.78, 5) is 8.56. The summed E-state index contributed by atoms with van der Waals surface area (Å²) in [6, 6.07) is 0. The van der Waals surface area contributed by atoms with Gasteiger partial charge in [-0.2, -0.15) is 0 Å². The van der Waals surface area contributed by atoms with Crippen molar-refractivity contribution >= 4 is 6.16 Å². The molecule has 5 nitrogen and oxygen atoms in total. The van der Waals surface area contributed by atoms with Crippen molar-refractivity contribution in [1.82, 2.24) is 0 Å². The van der Waals surface area contributed by atoms with E-state index in [1.807, 2.05) is 0 Å². The summed E-state index contributed by atoms with van der Waals surface area (Å²) in [7, 11) is 0. The second kappa shape index (κ2) is 8.77. The van der Waals surface area contributed by atoms with Gasteiger partial charge in [-0.3, -0.25) is 0 Å². The van der Waals surface area contributed by atoms with E-state index in [1.54, 1.807) is 0 Å². The van der Waals surface area contributed by atoms with Crippen molar-refractivity contribution in [2.45, 2.75) is 38.2 Å². The number of hydrogen-bond donors (Lipinski definition) is 3. The summed E-state index contributed by atoms with van der Waals surface area (Å²) in [6.45, 7) is 0.682. The fraction of sp³-hybridized carbons (Fsp3) is 0.889. The van der Waals surface area contributed by atoms with E-state index in [0.29, 0.717) is 12.7 Å². The van der Waals surface area contributed by atoms with Crippen molar-refractivity contribution in [3.05, 3.63) is 0 Å². The first-order valence-electron chi connectivity index (χ1n) is 4.81. The van der Waals surface area contributed by atoms with Crippen molar-refractivity contribution in [2.75, 3.05) is 13.2 Å². The lowest BCUT2D eigenvalue weighted by atomic mass is 9.98. The number of carbonyl (C=O) groups is 1. The van der Waals surface area contributed by atoms with Crippen LogP contribution in [0.25, 0.3) is 0 Å². The Hall–Kier alpha value is -0.810. The normalized spacial score (nSPS) is 16.9. The molecule has 1 aliphatic carbocycles. The van der Waals surface area contributed by atoms with E-state index in [4.69, 9.17) is 24.9 Å². The van der Waals surface area contributed by atoms with Gasteiger partial charge in [-0.15, -0.1) is 0 Å². The van der Waals surface area contributed by atoms with Crippen LogP contribution in [0.15, 0.2) is 0 Å². The van der Waals surface area contributed by atoms with Gasteiger partial charge in [0.15, 0.2) is 0 Å². The highest BCUT2D eigenvalue weighted by Gasteiger charge is 2.12. The van der Waals surface area contributed by atoms with Crippen LogP contribution < -0.4 is 0 Å². The molecule has 0 aromatic heterocycles. The third-order valence-corrected chi connectivity index (χ3v) is 2.00. The van der Waals surface area contributed by atoms with E-state index < -0.39 is 6.16 Å². The first kappa shape index (κ1) is 13.2. The minimum atomic E-state index is -1.83. The molecule has 1 rings (SSSR count). The summed E-state index contributed by atoms with van der Waals surface area (Å²) in [5.74, 6) is 0. The van der Waals surface area contributed by atoms with Gasteiger partial charge in [-0.05, 0) is 12.8 Å². The Balaban J connectivity index is 0.000000364. The Labute approximate surface area is 83.3 Å². The molecule has 14 heavy (non-hydrogen) atoms. The number of ether oxygens (including phenoxy) is 1. The van der Waals surface area contributed by atoms with Gasteiger partial charge >= 0.3 is 6.16 Å². The molecule has 0 unspecified atom stereocenters. The predicted octanol–water partition coefficient (Wildman–Crippen LogP) is 1.55. The van der Waals surface area contributed by atoms with Crippen LogP contribution in [0.4, 0.5) is 4.79 Å². The molecule has 0 amide bonds. The molecule has 84 valence electrons. The van der Waals surface area contributed by atoms with Crippen LogP contribution in [0.3, 0.4) is 0 Å². The molecule has 5 heteroatoms. The maximum atomic E-state index is 8.56. The smallest absolute Gasteiger partial charge is 0.450 e. The number of carboxylic acid groups (broad SMARTS) is 2. The lowest BCUT2D eigenvalue weighted by molar-refractivity contribution is 0.00882. The average molecular weight is 206 g/mol. The second-order valence-electron chi connectivity index (χ2n) is 3.14. The first-order chi connectivity index (χ1) is 6.66. The van der Waals surface area contributed by atoms with Gasteiger partial charge in [0.2, 0.25) is 0 Å². The minimum Gasteiger partial charge on any atom is -0.450 e. The number of aliphatic hydroxyl groups excluding tert-OH is 1. The van der Waals surface area contributed by atoms with E-state index in [0.717, 1.165) is 0 Å². The molecule has 0 heterocycles. The Bertz CT molecular complexity index is 138. The Morgan fingerprint density at radius 2 is 1.71 bits per heavy atom. The topological polar surface area (TPSA) is 87.0 Å². The largest absolute Gasteiger partial charge is 0.503 e.